The molecule has 1 aromatic carbocycles. The summed E-state index contributed by atoms with van der Waals surface area (Å²) in [4.78, 5) is 0.667. The highest BCUT2D eigenvalue weighted by atomic mass is 32.1. The van der Waals surface area contributed by atoms with Crippen LogP contribution in [0.3, 0.4) is 0 Å². The van der Waals surface area contributed by atoms with E-state index in [1.807, 2.05) is 0 Å². The monoisotopic (exact) mass is 220 g/mol. The number of nitrogens with one attached hydrogen (secondary N) is 1. The van der Waals surface area contributed by atoms with Crippen molar-refractivity contribution in [3.05, 3.63) is 28.6 Å². The summed E-state index contributed by atoms with van der Waals surface area (Å²) in [6, 6.07) is 6.53. The number of hydrogen-bond donors (Lipinski definition) is 1. The Morgan fingerprint density at radius 3 is 2.80 bits per heavy atom. The highest BCUT2D eigenvalue weighted by molar-refractivity contribution is 7.16. The second kappa shape index (κ2) is 4.19. The summed E-state index contributed by atoms with van der Waals surface area (Å²) < 4.78 is 3.34. The molecule has 0 saturated heterocycles. The first kappa shape index (κ1) is 10.4. The average Bonchev–Trinajstić information content (AvgIpc) is 2.55. The zero-order chi connectivity index (χ0) is 10.8. The number of aromatic nitrogens is 1. The fourth-order valence-corrected chi connectivity index (χ4v) is 2.80. The molecule has 2 aromatic rings. The largest absolute Gasteiger partial charge is 0.317 e. The smallest absolute Gasteiger partial charge is 0.182 e. The van der Waals surface area contributed by atoms with Gasteiger partial charge in [-0.1, -0.05) is 31.3 Å². The summed E-state index contributed by atoms with van der Waals surface area (Å²) in [6.07, 6.45) is 2.15. The van der Waals surface area contributed by atoms with Crippen LogP contribution < -0.4 is 4.80 Å². The topological polar surface area (TPSA) is 28.8 Å². The van der Waals surface area contributed by atoms with Gasteiger partial charge in [-0.3, -0.25) is 5.41 Å². The number of benzene rings is 1. The van der Waals surface area contributed by atoms with Gasteiger partial charge in [0.15, 0.2) is 4.80 Å². The number of nitrogens with zero attached hydrogens (tertiary/aromatic N) is 1. The maximum atomic E-state index is 7.91. The Morgan fingerprint density at radius 2 is 2.13 bits per heavy atom. The van der Waals surface area contributed by atoms with Crippen molar-refractivity contribution in [1.82, 2.24) is 4.57 Å². The third kappa shape index (κ3) is 1.84. The minimum atomic E-state index is 0.667. The Hall–Kier alpha value is -1.09. The van der Waals surface area contributed by atoms with E-state index in [1.165, 1.54) is 15.8 Å². The van der Waals surface area contributed by atoms with Gasteiger partial charge in [-0.15, -0.1) is 0 Å². The Balaban J connectivity index is 2.63. The summed E-state index contributed by atoms with van der Waals surface area (Å²) in [7, 11) is 0. The van der Waals surface area contributed by atoms with Crippen molar-refractivity contribution >= 4 is 21.6 Å². The van der Waals surface area contributed by atoms with Crippen LogP contribution in [0.25, 0.3) is 10.2 Å². The van der Waals surface area contributed by atoms with Crippen LogP contribution in [-0.4, -0.2) is 4.57 Å². The highest BCUT2D eigenvalue weighted by Gasteiger charge is 2.04. The first-order valence-electron chi connectivity index (χ1n) is 5.43. The van der Waals surface area contributed by atoms with Crippen LogP contribution in [0.1, 0.15) is 25.8 Å². The first-order valence-corrected chi connectivity index (χ1v) is 6.24. The van der Waals surface area contributed by atoms with Gasteiger partial charge in [-0.2, -0.15) is 0 Å². The van der Waals surface area contributed by atoms with Gasteiger partial charge < -0.3 is 4.57 Å². The van der Waals surface area contributed by atoms with E-state index in [-0.39, 0.29) is 0 Å². The summed E-state index contributed by atoms with van der Waals surface area (Å²) in [5, 5.41) is 7.91. The predicted octanol–water partition coefficient (Wildman–Crippen LogP) is 3.15. The normalized spacial score (nSPS) is 11.1. The molecule has 0 aliphatic rings. The van der Waals surface area contributed by atoms with E-state index in [1.54, 1.807) is 11.3 Å². The van der Waals surface area contributed by atoms with Crippen LogP contribution in [0.2, 0.25) is 0 Å². The molecular weight excluding hydrogens is 204 g/mol. The van der Waals surface area contributed by atoms with Crippen molar-refractivity contribution < 1.29 is 0 Å². The Morgan fingerprint density at radius 1 is 1.33 bits per heavy atom. The molecule has 80 valence electrons. The molecule has 1 heterocycles. The molecule has 0 aliphatic carbocycles. The van der Waals surface area contributed by atoms with Crippen LogP contribution in [0, 0.1) is 5.41 Å². The van der Waals surface area contributed by atoms with Crippen LogP contribution >= 0.6 is 11.3 Å². The first-order chi connectivity index (χ1) is 7.26. The molecule has 0 unspecified atom stereocenters. The van der Waals surface area contributed by atoms with E-state index in [0.29, 0.717) is 4.80 Å². The van der Waals surface area contributed by atoms with E-state index in [0.717, 1.165) is 19.4 Å². The Bertz CT molecular complexity index is 522. The third-order valence-electron chi connectivity index (χ3n) is 2.62. The van der Waals surface area contributed by atoms with Crippen molar-refractivity contribution in [3.8, 4) is 0 Å². The zero-order valence-electron chi connectivity index (χ0n) is 9.21. The number of aryl methyl sites for hydroxylation is 2. The summed E-state index contributed by atoms with van der Waals surface area (Å²) >= 11 is 1.58. The Labute approximate surface area is 93.7 Å². The van der Waals surface area contributed by atoms with Crippen molar-refractivity contribution in [3.63, 3.8) is 0 Å². The molecule has 15 heavy (non-hydrogen) atoms. The molecule has 3 heteroatoms. The van der Waals surface area contributed by atoms with Gasteiger partial charge in [-0.25, -0.2) is 0 Å². The van der Waals surface area contributed by atoms with Crippen LogP contribution in [-0.2, 0) is 13.0 Å². The maximum absolute atomic E-state index is 7.91. The molecule has 1 N–H and O–H groups in total. The lowest BCUT2D eigenvalue weighted by atomic mass is 10.2. The lowest BCUT2D eigenvalue weighted by Crippen LogP contribution is -2.12. The van der Waals surface area contributed by atoms with E-state index < -0.39 is 0 Å². The predicted molar refractivity (Wildman–Crippen MR) is 65.3 cm³/mol. The molecule has 0 radical (unpaired) electrons. The van der Waals surface area contributed by atoms with E-state index >= 15 is 0 Å². The van der Waals surface area contributed by atoms with Gasteiger partial charge in [0, 0.05) is 6.54 Å². The van der Waals surface area contributed by atoms with Gasteiger partial charge in [0.05, 0.1) is 10.2 Å². The molecule has 2 nitrogen and oxygen atoms in total. The molecular formula is C12H16N2S. The number of fused-ring (bicyclic) bond motifs is 1. The molecule has 2 rings (SSSR count). The quantitative estimate of drug-likeness (QED) is 0.823. The lowest BCUT2D eigenvalue weighted by molar-refractivity contribution is 0.676. The number of rotatable bonds is 3. The summed E-state index contributed by atoms with van der Waals surface area (Å²) in [6.45, 7) is 5.26. The van der Waals surface area contributed by atoms with Crippen molar-refractivity contribution in [2.75, 3.05) is 0 Å². The van der Waals surface area contributed by atoms with E-state index in [4.69, 9.17) is 5.41 Å². The van der Waals surface area contributed by atoms with Crippen LogP contribution in [0.15, 0.2) is 18.2 Å². The minimum absolute atomic E-state index is 0.667. The van der Waals surface area contributed by atoms with Crippen molar-refractivity contribution in [2.24, 2.45) is 0 Å². The SMILES string of the molecule is CCCn1c(=N)sc2cc(CC)ccc21. The fraction of sp³-hybridized carbons (Fsp3) is 0.417. The minimum Gasteiger partial charge on any atom is -0.317 e. The molecule has 0 fully saturated rings. The summed E-state index contributed by atoms with van der Waals surface area (Å²) in [5.74, 6) is 0. The number of hydrogen-bond acceptors (Lipinski definition) is 2. The molecule has 0 aliphatic heterocycles. The standard InChI is InChI=1S/C12H16N2S/c1-3-7-14-10-6-5-9(4-2)8-11(10)15-12(14)13/h5-6,8,13H,3-4,7H2,1-2H3. The molecule has 0 saturated carbocycles. The van der Waals surface area contributed by atoms with Crippen LogP contribution in [0.4, 0.5) is 0 Å². The lowest BCUT2D eigenvalue weighted by Gasteiger charge is -2.02. The van der Waals surface area contributed by atoms with E-state index in [2.05, 4.69) is 36.6 Å². The van der Waals surface area contributed by atoms with Gasteiger partial charge in [0.1, 0.15) is 0 Å². The van der Waals surface area contributed by atoms with Gasteiger partial charge >= 0.3 is 0 Å². The average molecular weight is 220 g/mol. The molecule has 0 spiro atoms. The number of thiazole rings is 1. The molecule has 0 bridgehead atoms. The Kier molecular flexibility index (Phi) is 2.91. The second-order valence-electron chi connectivity index (χ2n) is 3.71. The highest BCUT2D eigenvalue weighted by Crippen LogP contribution is 2.19. The van der Waals surface area contributed by atoms with Gasteiger partial charge in [-0.05, 0) is 30.5 Å². The molecule has 1 aromatic heterocycles. The van der Waals surface area contributed by atoms with Crippen molar-refractivity contribution in [1.29, 1.82) is 5.41 Å². The second-order valence-corrected chi connectivity index (χ2v) is 4.75. The molecule has 0 atom stereocenters. The van der Waals surface area contributed by atoms with Crippen LogP contribution in [0.5, 0.6) is 0 Å². The van der Waals surface area contributed by atoms with Gasteiger partial charge in [0.2, 0.25) is 0 Å². The zero-order valence-corrected chi connectivity index (χ0v) is 10.0. The maximum Gasteiger partial charge on any atom is 0.182 e. The molecule has 0 amide bonds. The summed E-state index contributed by atoms with van der Waals surface area (Å²) in [5.41, 5.74) is 2.57. The fourth-order valence-electron chi connectivity index (χ4n) is 1.80. The van der Waals surface area contributed by atoms with Crippen molar-refractivity contribution in [2.45, 2.75) is 33.2 Å². The van der Waals surface area contributed by atoms with Gasteiger partial charge in [0.25, 0.3) is 0 Å². The third-order valence-corrected chi connectivity index (χ3v) is 3.58. The van der Waals surface area contributed by atoms with E-state index in [9.17, 15) is 0 Å².